The van der Waals surface area contributed by atoms with Crippen LogP contribution in [0, 0.1) is 0 Å². The second-order valence-electron chi connectivity index (χ2n) is 7.65. The van der Waals surface area contributed by atoms with Crippen LogP contribution in [0.25, 0.3) is 5.69 Å². The molecule has 0 unspecified atom stereocenters. The number of aromatic nitrogens is 3. The van der Waals surface area contributed by atoms with Gasteiger partial charge in [-0.05, 0) is 37.8 Å². The maximum Gasteiger partial charge on any atom is 0.350 e. The van der Waals surface area contributed by atoms with Crippen LogP contribution < -0.4 is 11.0 Å². The number of nitrogens with one attached hydrogen (secondary N) is 1. The highest BCUT2D eigenvalue weighted by molar-refractivity contribution is 5.74. The molecule has 0 spiro atoms. The summed E-state index contributed by atoms with van der Waals surface area (Å²) in [6.07, 6.45) is 6.40. The minimum atomic E-state index is -0.149. The van der Waals surface area contributed by atoms with E-state index in [0.717, 1.165) is 43.7 Å². The number of hydrogen-bond donors (Lipinski definition) is 1. The molecule has 4 rings (SSSR count). The Kier molecular flexibility index (Phi) is 5.01. The fourth-order valence-electron chi connectivity index (χ4n) is 4.28. The van der Waals surface area contributed by atoms with Crippen molar-refractivity contribution in [1.29, 1.82) is 0 Å². The molecule has 0 radical (unpaired) electrons. The van der Waals surface area contributed by atoms with Gasteiger partial charge in [-0.25, -0.2) is 18.8 Å². The SMILES string of the molecule is Cn1nc([C@H]2CCCN(C(=O)NC3CCCC3)C2)n(-c2ccccc2)c1=O. The Labute approximate surface area is 159 Å². The van der Waals surface area contributed by atoms with Gasteiger partial charge in [-0.2, -0.15) is 5.10 Å². The molecule has 1 atom stereocenters. The lowest BCUT2D eigenvalue weighted by molar-refractivity contribution is 0.174. The Hall–Kier alpha value is -2.57. The van der Waals surface area contributed by atoms with Crippen LogP contribution in [0.5, 0.6) is 0 Å². The molecule has 1 aliphatic heterocycles. The number of carbonyl (C=O) groups is 1. The third-order valence-corrected chi connectivity index (χ3v) is 5.72. The number of nitrogens with zero attached hydrogens (tertiary/aromatic N) is 4. The van der Waals surface area contributed by atoms with Crippen LogP contribution in [0.3, 0.4) is 0 Å². The molecule has 1 aromatic carbocycles. The third kappa shape index (κ3) is 3.63. The van der Waals surface area contributed by atoms with Crippen LogP contribution in [-0.4, -0.2) is 44.4 Å². The van der Waals surface area contributed by atoms with E-state index in [4.69, 9.17) is 0 Å². The number of amides is 2. The Bertz CT molecular complexity index is 851. The van der Waals surface area contributed by atoms with Gasteiger partial charge in [0.1, 0.15) is 5.82 Å². The minimum absolute atomic E-state index is 0.0242. The predicted molar refractivity (Wildman–Crippen MR) is 103 cm³/mol. The molecule has 7 heteroatoms. The van der Waals surface area contributed by atoms with Crippen molar-refractivity contribution in [3.8, 4) is 5.69 Å². The van der Waals surface area contributed by atoms with Crippen LogP contribution in [-0.2, 0) is 7.05 Å². The molecule has 144 valence electrons. The molecule has 2 heterocycles. The molecule has 1 saturated heterocycles. The van der Waals surface area contributed by atoms with Gasteiger partial charge in [0.15, 0.2) is 0 Å². The van der Waals surface area contributed by atoms with Crippen LogP contribution in [0.4, 0.5) is 4.79 Å². The first-order valence-electron chi connectivity index (χ1n) is 9.90. The molecule has 7 nitrogen and oxygen atoms in total. The van der Waals surface area contributed by atoms with Crippen LogP contribution in [0.2, 0.25) is 0 Å². The largest absolute Gasteiger partial charge is 0.350 e. The summed E-state index contributed by atoms with van der Waals surface area (Å²) in [7, 11) is 1.68. The molecule has 27 heavy (non-hydrogen) atoms. The zero-order valence-electron chi connectivity index (χ0n) is 15.8. The molecule has 2 amide bonds. The van der Waals surface area contributed by atoms with Crippen LogP contribution in [0.15, 0.2) is 35.1 Å². The smallest absolute Gasteiger partial charge is 0.335 e. The Morgan fingerprint density at radius 1 is 1.11 bits per heavy atom. The zero-order chi connectivity index (χ0) is 18.8. The molecule has 2 aliphatic rings. The number of hydrogen-bond acceptors (Lipinski definition) is 3. The summed E-state index contributed by atoms with van der Waals surface area (Å²) in [5.41, 5.74) is 0.668. The van der Waals surface area contributed by atoms with Crippen molar-refractivity contribution in [2.75, 3.05) is 13.1 Å². The molecular weight excluding hydrogens is 342 g/mol. The summed E-state index contributed by atoms with van der Waals surface area (Å²) in [6, 6.07) is 9.94. The van der Waals surface area contributed by atoms with E-state index < -0.39 is 0 Å². The monoisotopic (exact) mass is 369 g/mol. The van der Waals surface area contributed by atoms with E-state index in [2.05, 4.69) is 10.4 Å². The highest BCUT2D eigenvalue weighted by Crippen LogP contribution is 2.27. The number of carbonyl (C=O) groups excluding carboxylic acids is 1. The van der Waals surface area contributed by atoms with E-state index in [9.17, 15) is 9.59 Å². The lowest BCUT2D eigenvalue weighted by Crippen LogP contribution is -2.48. The summed E-state index contributed by atoms with van der Waals surface area (Å²) in [4.78, 5) is 27.2. The van der Waals surface area contributed by atoms with Crippen molar-refractivity contribution in [2.24, 2.45) is 7.05 Å². The molecular formula is C20H27N5O2. The van der Waals surface area contributed by atoms with Crippen molar-refractivity contribution in [3.63, 3.8) is 0 Å². The first-order chi connectivity index (χ1) is 13.1. The van der Waals surface area contributed by atoms with Crippen molar-refractivity contribution in [3.05, 3.63) is 46.6 Å². The van der Waals surface area contributed by atoms with E-state index in [1.807, 2.05) is 35.2 Å². The second-order valence-corrected chi connectivity index (χ2v) is 7.65. The molecule has 1 aliphatic carbocycles. The summed E-state index contributed by atoms with van der Waals surface area (Å²) in [6.45, 7) is 1.36. The number of benzene rings is 1. The predicted octanol–water partition coefficient (Wildman–Crippen LogP) is 2.40. The zero-order valence-corrected chi connectivity index (χ0v) is 15.8. The van der Waals surface area contributed by atoms with E-state index >= 15 is 0 Å². The van der Waals surface area contributed by atoms with Crippen molar-refractivity contribution in [1.82, 2.24) is 24.6 Å². The van der Waals surface area contributed by atoms with Gasteiger partial charge in [0.25, 0.3) is 0 Å². The van der Waals surface area contributed by atoms with Gasteiger partial charge in [-0.15, -0.1) is 0 Å². The van der Waals surface area contributed by atoms with Gasteiger partial charge < -0.3 is 10.2 Å². The van der Waals surface area contributed by atoms with Gasteiger partial charge >= 0.3 is 11.7 Å². The van der Waals surface area contributed by atoms with E-state index in [0.29, 0.717) is 12.6 Å². The average molecular weight is 369 g/mol. The molecule has 2 fully saturated rings. The summed E-state index contributed by atoms with van der Waals surface area (Å²) in [5, 5.41) is 7.69. The van der Waals surface area contributed by atoms with E-state index in [1.54, 1.807) is 11.6 Å². The Morgan fingerprint density at radius 2 is 1.85 bits per heavy atom. The quantitative estimate of drug-likeness (QED) is 0.903. The maximum absolute atomic E-state index is 12.7. The molecule has 1 N–H and O–H groups in total. The minimum Gasteiger partial charge on any atom is -0.335 e. The van der Waals surface area contributed by atoms with Gasteiger partial charge in [-0.1, -0.05) is 31.0 Å². The third-order valence-electron chi connectivity index (χ3n) is 5.72. The first kappa shape index (κ1) is 17.8. The first-order valence-corrected chi connectivity index (χ1v) is 9.90. The fourth-order valence-corrected chi connectivity index (χ4v) is 4.28. The van der Waals surface area contributed by atoms with Crippen molar-refractivity contribution in [2.45, 2.75) is 50.5 Å². The van der Waals surface area contributed by atoms with E-state index in [-0.39, 0.29) is 17.6 Å². The number of likely N-dealkylation sites (tertiary alicyclic amines) is 1. The number of piperidine rings is 1. The number of urea groups is 1. The van der Waals surface area contributed by atoms with Crippen LogP contribution >= 0.6 is 0 Å². The number of para-hydroxylation sites is 1. The molecule has 0 bridgehead atoms. The highest BCUT2D eigenvalue weighted by Gasteiger charge is 2.30. The summed E-state index contributed by atoms with van der Waals surface area (Å²) in [5.74, 6) is 0.800. The number of aryl methyl sites for hydroxylation is 1. The molecule has 2 aromatic rings. The molecule has 1 saturated carbocycles. The Balaban J connectivity index is 1.56. The van der Waals surface area contributed by atoms with Gasteiger partial charge in [0.05, 0.1) is 5.69 Å². The van der Waals surface area contributed by atoms with Crippen LogP contribution in [0.1, 0.15) is 50.3 Å². The summed E-state index contributed by atoms with van der Waals surface area (Å²) >= 11 is 0. The Morgan fingerprint density at radius 3 is 2.59 bits per heavy atom. The fraction of sp³-hybridized carbons (Fsp3) is 0.550. The van der Waals surface area contributed by atoms with Gasteiger partial charge in [0.2, 0.25) is 0 Å². The topological polar surface area (TPSA) is 72.2 Å². The second kappa shape index (κ2) is 7.58. The summed E-state index contributed by atoms with van der Waals surface area (Å²) < 4.78 is 3.07. The highest BCUT2D eigenvalue weighted by atomic mass is 16.2. The molecule has 1 aromatic heterocycles. The lowest BCUT2D eigenvalue weighted by Gasteiger charge is -2.33. The average Bonchev–Trinajstić information content (AvgIpc) is 3.31. The normalized spacial score (nSPS) is 20.8. The van der Waals surface area contributed by atoms with Gasteiger partial charge in [0, 0.05) is 32.1 Å². The van der Waals surface area contributed by atoms with E-state index in [1.165, 1.54) is 17.5 Å². The standard InChI is InChI=1S/C20H27N5O2/c1-23-20(27)25(17-11-3-2-4-12-17)18(22-23)15-8-7-13-24(14-15)19(26)21-16-9-5-6-10-16/h2-4,11-12,15-16H,5-10,13-14H2,1H3,(H,21,26)/t15-/m0/s1. The van der Waals surface area contributed by atoms with Gasteiger partial charge in [-0.3, -0.25) is 0 Å². The van der Waals surface area contributed by atoms with Crippen molar-refractivity contribution >= 4 is 6.03 Å². The number of rotatable bonds is 3. The van der Waals surface area contributed by atoms with Crippen molar-refractivity contribution < 1.29 is 4.79 Å². The maximum atomic E-state index is 12.7. The lowest BCUT2D eigenvalue weighted by atomic mass is 9.97.